The van der Waals surface area contributed by atoms with Crippen molar-refractivity contribution in [3.63, 3.8) is 0 Å². The minimum absolute atomic E-state index is 0.774. The molecule has 0 aliphatic heterocycles. The summed E-state index contributed by atoms with van der Waals surface area (Å²) in [6.45, 7) is 6.69. The Labute approximate surface area is 80.7 Å². The van der Waals surface area contributed by atoms with Crippen molar-refractivity contribution in [1.82, 2.24) is 0 Å². The van der Waals surface area contributed by atoms with Gasteiger partial charge in [-0.1, -0.05) is 32.4 Å². The van der Waals surface area contributed by atoms with Crippen LogP contribution < -0.4 is 4.74 Å². The number of hydrogen-bond acceptors (Lipinski definition) is 1. The first-order chi connectivity index (χ1) is 6.36. The summed E-state index contributed by atoms with van der Waals surface area (Å²) in [6.07, 6.45) is 3.02. The number of rotatable bonds is 5. The normalized spacial score (nSPS) is 10.0. The smallest absolute Gasteiger partial charge is 0.119 e. The maximum Gasteiger partial charge on any atom is 0.119 e. The molecule has 1 aromatic carbocycles. The van der Waals surface area contributed by atoms with Crippen molar-refractivity contribution < 1.29 is 4.74 Å². The standard InChI is InChI=1S/C12H17O/c1-3-5-9-13-12-8-6-7-11(4-2)10-12/h6-8,10H,1,3-5,9H2,2H3. The van der Waals surface area contributed by atoms with E-state index in [1.54, 1.807) is 0 Å². The number of aryl methyl sites for hydroxylation is 1. The van der Waals surface area contributed by atoms with Gasteiger partial charge in [-0.05, 0) is 30.5 Å². The Morgan fingerprint density at radius 3 is 2.92 bits per heavy atom. The summed E-state index contributed by atoms with van der Waals surface area (Å²) in [7, 11) is 0. The summed E-state index contributed by atoms with van der Waals surface area (Å²) < 4.78 is 5.55. The molecule has 71 valence electrons. The lowest BCUT2D eigenvalue weighted by Gasteiger charge is -2.05. The molecule has 0 spiro atoms. The van der Waals surface area contributed by atoms with E-state index in [-0.39, 0.29) is 0 Å². The molecule has 0 heterocycles. The third-order valence-electron chi connectivity index (χ3n) is 1.97. The molecule has 1 nitrogen and oxygen atoms in total. The second-order valence-corrected chi connectivity index (χ2v) is 3.06. The van der Waals surface area contributed by atoms with E-state index in [2.05, 4.69) is 26.0 Å². The highest BCUT2D eigenvalue weighted by atomic mass is 16.5. The van der Waals surface area contributed by atoms with Crippen molar-refractivity contribution in [3.8, 4) is 5.75 Å². The number of benzene rings is 1. The Bertz CT molecular complexity index is 243. The molecule has 1 radical (unpaired) electrons. The molecule has 1 rings (SSSR count). The zero-order valence-electron chi connectivity index (χ0n) is 8.25. The first kappa shape index (κ1) is 10.1. The summed E-state index contributed by atoms with van der Waals surface area (Å²) in [4.78, 5) is 0. The molecule has 0 saturated heterocycles. The van der Waals surface area contributed by atoms with Gasteiger partial charge in [-0.3, -0.25) is 0 Å². The molecule has 0 fully saturated rings. The molecule has 0 atom stereocenters. The Balaban J connectivity index is 2.46. The van der Waals surface area contributed by atoms with Crippen LogP contribution in [-0.4, -0.2) is 6.61 Å². The molecule has 0 saturated carbocycles. The highest BCUT2D eigenvalue weighted by molar-refractivity contribution is 5.28. The summed E-state index contributed by atoms with van der Waals surface area (Å²) in [5.41, 5.74) is 1.33. The van der Waals surface area contributed by atoms with Crippen molar-refractivity contribution in [2.45, 2.75) is 26.2 Å². The van der Waals surface area contributed by atoms with Crippen LogP contribution in [0.1, 0.15) is 25.3 Å². The van der Waals surface area contributed by atoms with E-state index >= 15 is 0 Å². The van der Waals surface area contributed by atoms with Gasteiger partial charge in [0, 0.05) is 0 Å². The zero-order valence-corrected chi connectivity index (χ0v) is 8.25. The van der Waals surface area contributed by atoms with E-state index in [9.17, 15) is 0 Å². The van der Waals surface area contributed by atoms with Crippen LogP contribution in [0.5, 0.6) is 5.75 Å². The molecule has 0 bridgehead atoms. The SMILES string of the molecule is [CH2]CCCOc1cccc(CC)c1. The molecular formula is C12H17O. The van der Waals surface area contributed by atoms with Gasteiger partial charge in [0.25, 0.3) is 0 Å². The Morgan fingerprint density at radius 2 is 2.23 bits per heavy atom. The van der Waals surface area contributed by atoms with Gasteiger partial charge in [0.1, 0.15) is 5.75 Å². The summed E-state index contributed by atoms with van der Waals surface area (Å²) in [5.74, 6) is 0.979. The fourth-order valence-electron chi connectivity index (χ4n) is 1.15. The maximum atomic E-state index is 5.55. The molecule has 0 amide bonds. The van der Waals surface area contributed by atoms with Gasteiger partial charge < -0.3 is 4.74 Å². The highest BCUT2D eigenvalue weighted by Gasteiger charge is 1.94. The third-order valence-corrected chi connectivity index (χ3v) is 1.97. The topological polar surface area (TPSA) is 9.23 Å². The molecule has 0 N–H and O–H groups in total. The quantitative estimate of drug-likeness (QED) is 0.627. The van der Waals surface area contributed by atoms with Crippen LogP contribution in [0.3, 0.4) is 0 Å². The van der Waals surface area contributed by atoms with Crippen molar-refractivity contribution >= 4 is 0 Å². The Morgan fingerprint density at radius 1 is 1.38 bits per heavy atom. The molecule has 0 aromatic heterocycles. The van der Waals surface area contributed by atoms with Gasteiger partial charge in [-0.25, -0.2) is 0 Å². The van der Waals surface area contributed by atoms with E-state index in [1.165, 1.54) is 5.56 Å². The van der Waals surface area contributed by atoms with Gasteiger partial charge in [0.15, 0.2) is 0 Å². The zero-order chi connectivity index (χ0) is 9.52. The minimum Gasteiger partial charge on any atom is -0.494 e. The second kappa shape index (κ2) is 5.63. The lowest BCUT2D eigenvalue weighted by Crippen LogP contribution is -1.96. The second-order valence-electron chi connectivity index (χ2n) is 3.06. The van der Waals surface area contributed by atoms with Crippen LogP contribution in [0.25, 0.3) is 0 Å². The number of hydrogen-bond donors (Lipinski definition) is 0. The van der Waals surface area contributed by atoms with Gasteiger partial charge in [-0.15, -0.1) is 0 Å². The summed E-state index contributed by atoms with van der Waals surface area (Å²) >= 11 is 0. The molecule has 0 aliphatic rings. The van der Waals surface area contributed by atoms with Crippen molar-refractivity contribution in [2.75, 3.05) is 6.61 Å². The first-order valence-electron chi connectivity index (χ1n) is 4.87. The molecule has 0 unspecified atom stereocenters. The van der Waals surface area contributed by atoms with Gasteiger partial charge in [-0.2, -0.15) is 0 Å². The van der Waals surface area contributed by atoms with Crippen LogP contribution in [0.4, 0.5) is 0 Å². The van der Waals surface area contributed by atoms with E-state index in [0.717, 1.165) is 31.6 Å². The average molecular weight is 177 g/mol. The maximum absolute atomic E-state index is 5.55. The van der Waals surface area contributed by atoms with Crippen LogP contribution in [0.15, 0.2) is 24.3 Å². The number of ether oxygens (including phenoxy) is 1. The first-order valence-corrected chi connectivity index (χ1v) is 4.87. The number of unbranched alkanes of at least 4 members (excludes halogenated alkanes) is 1. The highest BCUT2D eigenvalue weighted by Crippen LogP contribution is 2.13. The predicted octanol–water partition coefficient (Wildman–Crippen LogP) is 3.24. The Kier molecular flexibility index (Phi) is 4.37. The fraction of sp³-hybridized carbons (Fsp3) is 0.417. The molecular weight excluding hydrogens is 160 g/mol. The minimum atomic E-state index is 0.774. The van der Waals surface area contributed by atoms with E-state index < -0.39 is 0 Å². The van der Waals surface area contributed by atoms with Gasteiger partial charge in [0.05, 0.1) is 6.61 Å². The van der Waals surface area contributed by atoms with Gasteiger partial charge in [0.2, 0.25) is 0 Å². The average Bonchev–Trinajstić information content (AvgIpc) is 2.19. The van der Waals surface area contributed by atoms with Gasteiger partial charge >= 0.3 is 0 Å². The molecule has 13 heavy (non-hydrogen) atoms. The van der Waals surface area contributed by atoms with Crippen molar-refractivity contribution in [3.05, 3.63) is 36.8 Å². The van der Waals surface area contributed by atoms with E-state index in [1.807, 2.05) is 12.1 Å². The largest absolute Gasteiger partial charge is 0.494 e. The van der Waals surface area contributed by atoms with Crippen LogP contribution >= 0.6 is 0 Å². The third kappa shape index (κ3) is 3.49. The van der Waals surface area contributed by atoms with Crippen LogP contribution in [-0.2, 0) is 6.42 Å². The molecule has 1 heteroatoms. The lowest BCUT2D eigenvalue weighted by molar-refractivity contribution is 0.311. The Hall–Kier alpha value is -0.980. The lowest BCUT2D eigenvalue weighted by atomic mass is 10.2. The summed E-state index contributed by atoms with van der Waals surface area (Å²) in [5, 5.41) is 0. The molecule has 0 aliphatic carbocycles. The summed E-state index contributed by atoms with van der Waals surface area (Å²) in [6, 6.07) is 8.26. The predicted molar refractivity (Wildman–Crippen MR) is 55.9 cm³/mol. The van der Waals surface area contributed by atoms with Crippen LogP contribution in [0.2, 0.25) is 0 Å². The van der Waals surface area contributed by atoms with E-state index in [0.29, 0.717) is 0 Å². The molecule has 1 aromatic rings. The van der Waals surface area contributed by atoms with Crippen molar-refractivity contribution in [2.24, 2.45) is 0 Å². The fourth-order valence-corrected chi connectivity index (χ4v) is 1.15. The monoisotopic (exact) mass is 177 g/mol. The van der Waals surface area contributed by atoms with Crippen molar-refractivity contribution in [1.29, 1.82) is 0 Å². The van der Waals surface area contributed by atoms with E-state index in [4.69, 9.17) is 4.74 Å². The van der Waals surface area contributed by atoms with Crippen LogP contribution in [0, 0.1) is 6.92 Å².